The first-order valence-electron chi connectivity index (χ1n) is 6.92. The van der Waals surface area contributed by atoms with Crippen molar-refractivity contribution in [1.29, 1.82) is 0 Å². The van der Waals surface area contributed by atoms with Crippen molar-refractivity contribution >= 4 is 23.2 Å². The van der Waals surface area contributed by atoms with Gasteiger partial charge in [0, 0.05) is 28.7 Å². The molecule has 0 amide bonds. The first kappa shape index (κ1) is 16.3. The van der Waals surface area contributed by atoms with E-state index in [0.29, 0.717) is 16.6 Å². The number of hydrogen-bond donors (Lipinski definition) is 1. The molecule has 4 heteroatoms. The third kappa shape index (κ3) is 3.98. The number of halogens is 2. The molecule has 0 radical (unpaired) electrons. The summed E-state index contributed by atoms with van der Waals surface area (Å²) in [5.41, 5.74) is 9.37. The van der Waals surface area contributed by atoms with Gasteiger partial charge in [-0.3, -0.25) is 4.90 Å². The van der Waals surface area contributed by atoms with Gasteiger partial charge in [0.2, 0.25) is 0 Å². The molecule has 0 bridgehead atoms. The highest BCUT2D eigenvalue weighted by Crippen LogP contribution is 2.33. The fraction of sp³-hybridized carbons (Fsp3) is 0.294. The Labute approximate surface area is 136 Å². The molecule has 21 heavy (non-hydrogen) atoms. The second kappa shape index (κ2) is 7.28. The molecule has 2 aromatic carbocycles. The Hall–Kier alpha value is -1.06. The van der Waals surface area contributed by atoms with Crippen LogP contribution in [0.5, 0.6) is 0 Å². The Bertz CT molecular complexity index is 593. The number of hydrogen-bond acceptors (Lipinski definition) is 2. The van der Waals surface area contributed by atoms with Crippen molar-refractivity contribution in [3.63, 3.8) is 0 Å². The summed E-state index contributed by atoms with van der Waals surface area (Å²) in [4.78, 5) is 2.18. The van der Waals surface area contributed by atoms with E-state index in [2.05, 4.69) is 36.1 Å². The maximum atomic E-state index is 6.31. The van der Waals surface area contributed by atoms with Crippen LogP contribution in [0.2, 0.25) is 10.0 Å². The van der Waals surface area contributed by atoms with Gasteiger partial charge in [-0.15, -0.1) is 0 Å². The maximum Gasteiger partial charge on any atom is 0.0500 e. The van der Waals surface area contributed by atoms with E-state index in [1.807, 2.05) is 25.2 Å². The van der Waals surface area contributed by atoms with Gasteiger partial charge in [0.25, 0.3) is 0 Å². The molecular weight excluding hydrogens is 303 g/mol. The van der Waals surface area contributed by atoms with Crippen LogP contribution in [-0.4, -0.2) is 18.5 Å². The van der Waals surface area contributed by atoms with Gasteiger partial charge in [-0.1, -0.05) is 59.1 Å². The Morgan fingerprint density at radius 3 is 2.29 bits per heavy atom. The summed E-state index contributed by atoms with van der Waals surface area (Å²) in [6.07, 6.45) is 0. The monoisotopic (exact) mass is 322 g/mol. The molecule has 0 heterocycles. The van der Waals surface area contributed by atoms with Gasteiger partial charge in [0.15, 0.2) is 0 Å². The zero-order valence-corrected chi connectivity index (χ0v) is 13.8. The van der Waals surface area contributed by atoms with Crippen LogP contribution in [0.3, 0.4) is 0 Å². The van der Waals surface area contributed by atoms with Gasteiger partial charge in [-0.25, -0.2) is 0 Å². The summed E-state index contributed by atoms with van der Waals surface area (Å²) in [7, 11) is 2.04. The van der Waals surface area contributed by atoms with Crippen LogP contribution in [-0.2, 0) is 6.54 Å². The minimum Gasteiger partial charge on any atom is -0.329 e. The van der Waals surface area contributed by atoms with Gasteiger partial charge >= 0.3 is 0 Å². The highest BCUT2D eigenvalue weighted by molar-refractivity contribution is 6.36. The molecule has 0 aliphatic carbocycles. The van der Waals surface area contributed by atoms with E-state index in [4.69, 9.17) is 28.9 Å². The molecule has 112 valence electrons. The SMILES string of the molecule is Cc1cccc(CN(C)C(CN)c2c(Cl)cccc2Cl)c1. The molecule has 0 aliphatic rings. The van der Waals surface area contributed by atoms with Gasteiger partial charge in [0.05, 0.1) is 6.04 Å². The number of aryl methyl sites for hydroxylation is 1. The molecule has 1 atom stereocenters. The number of rotatable bonds is 5. The molecule has 0 fully saturated rings. The van der Waals surface area contributed by atoms with Crippen molar-refractivity contribution in [2.24, 2.45) is 5.73 Å². The van der Waals surface area contributed by atoms with Crippen molar-refractivity contribution in [2.75, 3.05) is 13.6 Å². The largest absolute Gasteiger partial charge is 0.329 e. The van der Waals surface area contributed by atoms with Crippen molar-refractivity contribution in [3.8, 4) is 0 Å². The van der Waals surface area contributed by atoms with Crippen molar-refractivity contribution in [2.45, 2.75) is 19.5 Å². The number of nitrogens with zero attached hydrogens (tertiary/aromatic N) is 1. The predicted octanol–water partition coefficient (Wildman–Crippen LogP) is 4.43. The zero-order valence-electron chi connectivity index (χ0n) is 12.3. The lowest BCUT2D eigenvalue weighted by molar-refractivity contribution is 0.242. The Morgan fingerprint density at radius 1 is 1.10 bits per heavy atom. The van der Waals surface area contributed by atoms with Crippen molar-refractivity contribution < 1.29 is 0 Å². The fourth-order valence-electron chi connectivity index (χ4n) is 2.56. The molecule has 0 aromatic heterocycles. The lowest BCUT2D eigenvalue weighted by Crippen LogP contribution is -2.30. The second-order valence-corrected chi connectivity index (χ2v) is 6.11. The van der Waals surface area contributed by atoms with Gasteiger partial charge in [-0.05, 0) is 31.7 Å². The summed E-state index contributed by atoms with van der Waals surface area (Å²) in [5.74, 6) is 0. The van der Waals surface area contributed by atoms with Crippen LogP contribution in [0.15, 0.2) is 42.5 Å². The van der Waals surface area contributed by atoms with E-state index in [0.717, 1.165) is 12.1 Å². The lowest BCUT2D eigenvalue weighted by Gasteiger charge is -2.29. The molecule has 2 N–H and O–H groups in total. The number of benzene rings is 2. The van der Waals surface area contributed by atoms with E-state index in [1.54, 1.807) is 0 Å². The standard InChI is InChI=1S/C17H20Cl2N2/c1-12-5-3-6-13(9-12)11-21(2)16(10-20)17-14(18)7-4-8-15(17)19/h3-9,16H,10-11,20H2,1-2H3. The van der Waals surface area contributed by atoms with Gasteiger partial charge < -0.3 is 5.73 Å². The molecular formula is C17H20Cl2N2. The highest BCUT2D eigenvalue weighted by Gasteiger charge is 2.21. The second-order valence-electron chi connectivity index (χ2n) is 5.29. The molecule has 0 spiro atoms. The van der Waals surface area contributed by atoms with Crippen LogP contribution >= 0.6 is 23.2 Å². The van der Waals surface area contributed by atoms with E-state index in [1.165, 1.54) is 11.1 Å². The quantitative estimate of drug-likeness (QED) is 0.882. The maximum absolute atomic E-state index is 6.31. The lowest BCUT2D eigenvalue weighted by atomic mass is 10.0. The molecule has 2 nitrogen and oxygen atoms in total. The Balaban J connectivity index is 2.25. The minimum atomic E-state index is -0.00767. The Kier molecular flexibility index (Phi) is 5.65. The van der Waals surface area contributed by atoms with Gasteiger partial charge in [0.1, 0.15) is 0 Å². The summed E-state index contributed by atoms with van der Waals surface area (Å²) in [6, 6.07) is 14.0. The topological polar surface area (TPSA) is 29.3 Å². The average Bonchev–Trinajstić information content (AvgIpc) is 2.43. The van der Waals surface area contributed by atoms with Crippen LogP contribution in [0.1, 0.15) is 22.7 Å². The van der Waals surface area contributed by atoms with Crippen LogP contribution in [0.25, 0.3) is 0 Å². The van der Waals surface area contributed by atoms with E-state index in [9.17, 15) is 0 Å². The van der Waals surface area contributed by atoms with E-state index >= 15 is 0 Å². The summed E-state index contributed by atoms with van der Waals surface area (Å²) in [6.45, 7) is 3.35. The Morgan fingerprint density at radius 2 is 1.71 bits per heavy atom. The smallest absolute Gasteiger partial charge is 0.0500 e. The molecule has 0 aliphatic heterocycles. The van der Waals surface area contributed by atoms with E-state index in [-0.39, 0.29) is 6.04 Å². The normalized spacial score (nSPS) is 12.7. The highest BCUT2D eigenvalue weighted by atomic mass is 35.5. The molecule has 1 unspecified atom stereocenters. The minimum absolute atomic E-state index is 0.00767. The number of nitrogens with two attached hydrogens (primary N) is 1. The average molecular weight is 323 g/mol. The third-order valence-electron chi connectivity index (χ3n) is 3.60. The van der Waals surface area contributed by atoms with Crippen LogP contribution < -0.4 is 5.73 Å². The van der Waals surface area contributed by atoms with Crippen LogP contribution in [0, 0.1) is 6.92 Å². The van der Waals surface area contributed by atoms with Crippen LogP contribution in [0.4, 0.5) is 0 Å². The fourth-order valence-corrected chi connectivity index (χ4v) is 3.21. The zero-order chi connectivity index (χ0) is 15.4. The molecule has 0 saturated carbocycles. The van der Waals surface area contributed by atoms with E-state index < -0.39 is 0 Å². The summed E-state index contributed by atoms with van der Waals surface area (Å²) < 4.78 is 0. The molecule has 2 aromatic rings. The predicted molar refractivity (Wildman–Crippen MR) is 90.9 cm³/mol. The van der Waals surface area contributed by atoms with Gasteiger partial charge in [-0.2, -0.15) is 0 Å². The summed E-state index contributed by atoms with van der Waals surface area (Å²) >= 11 is 12.6. The molecule has 0 saturated heterocycles. The molecule has 2 rings (SSSR count). The van der Waals surface area contributed by atoms with Crippen molar-refractivity contribution in [3.05, 3.63) is 69.2 Å². The first-order chi connectivity index (χ1) is 10.0. The summed E-state index contributed by atoms with van der Waals surface area (Å²) in [5, 5.41) is 1.32. The first-order valence-corrected chi connectivity index (χ1v) is 7.68. The third-order valence-corrected chi connectivity index (χ3v) is 4.26. The number of likely N-dealkylation sites (N-methyl/N-ethyl adjacent to an activating group) is 1. The van der Waals surface area contributed by atoms with Crippen molar-refractivity contribution in [1.82, 2.24) is 4.90 Å².